The second-order valence-corrected chi connectivity index (χ2v) is 7.36. The molecule has 1 aliphatic rings. The Labute approximate surface area is 154 Å². The fourth-order valence-electron chi connectivity index (χ4n) is 3.05. The zero-order valence-corrected chi connectivity index (χ0v) is 15.1. The van der Waals surface area contributed by atoms with Gasteiger partial charge in [0.1, 0.15) is 11.6 Å². The van der Waals surface area contributed by atoms with E-state index in [9.17, 15) is 9.18 Å². The van der Waals surface area contributed by atoms with E-state index in [1.807, 2.05) is 0 Å². The second-order valence-electron chi connectivity index (χ2n) is 6.27. The van der Waals surface area contributed by atoms with Crippen molar-refractivity contribution in [1.82, 2.24) is 19.7 Å². The van der Waals surface area contributed by atoms with Crippen LogP contribution in [0.25, 0.3) is 5.69 Å². The summed E-state index contributed by atoms with van der Waals surface area (Å²) in [5.41, 5.74) is 1.75. The first kappa shape index (κ1) is 16.8. The topological polar surface area (TPSA) is 72.7 Å². The van der Waals surface area contributed by atoms with Gasteiger partial charge in [0.25, 0.3) is 5.91 Å². The molecule has 0 unspecified atom stereocenters. The molecule has 26 heavy (non-hydrogen) atoms. The summed E-state index contributed by atoms with van der Waals surface area (Å²) in [6, 6.07) is 5.88. The number of aryl methyl sites for hydroxylation is 3. The first-order valence-electron chi connectivity index (χ1n) is 8.60. The van der Waals surface area contributed by atoms with Crippen LogP contribution in [-0.4, -0.2) is 25.7 Å². The molecule has 1 aromatic carbocycles. The molecule has 0 fully saturated rings. The highest BCUT2D eigenvalue weighted by Gasteiger charge is 2.19. The van der Waals surface area contributed by atoms with Crippen molar-refractivity contribution >= 4 is 22.4 Å². The molecular weight excluding hydrogens is 353 g/mol. The number of hydrogen-bond donors (Lipinski definition) is 1. The third kappa shape index (κ3) is 3.37. The van der Waals surface area contributed by atoms with Crippen LogP contribution in [0.4, 0.5) is 9.52 Å². The van der Waals surface area contributed by atoms with E-state index in [2.05, 4.69) is 20.4 Å². The predicted octanol–water partition coefficient (Wildman–Crippen LogP) is 3.69. The molecule has 0 bridgehead atoms. The van der Waals surface area contributed by atoms with E-state index in [1.54, 1.807) is 19.1 Å². The van der Waals surface area contributed by atoms with Gasteiger partial charge in [-0.25, -0.2) is 19.0 Å². The quantitative estimate of drug-likeness (QED) is 0.713. The van der Waals surface area contributed by atoms with Gasteiger partial charge in [-0.1, -0.05) is 6.42 Å². The molecule has 1 aliphatic carbocycles. The van der Waals surface area contributed by atoms with E-state index in [1.165, 1.54) is 45.9 Å². The molecule has 0 atom stereocenters. The summed E-state index contributed by atoms with van der Waals surface area (Å²) in [4.78, 5) is 22.5. The van der Waals surface area contributed by atoms with Gasteiger partial charge in [0.05, 0.1) is 11.4 Å². The standard InChI is InChI=1S/C18H18FN5OS/c1-11-20-16(23-24(11)13-9-7-12(19)8-10-13)17(25)22-18-21-14-5-3-2-4-6-15(14)26-18/h7-10H,2-6H2,1H3,(H,21,22,25). The van der Waals surface area contributed by atoms with Crippen LogP contribution < -0.4 is 5.32 Å². The third-order valence-corrected chi connectivity index (χ3v) is 5.43. The van der Waals surface area contributed by atoms with E-state index in [0.717, 1.165) is 25.0 Å². The summed E-state index contributed by atoms with van der Waals surface area (Å²) in [7, 11) is 0. The number of rotatable bonds is 3. The summed E-state index contributed by atoms with van der Waals surface area (Å²) < 4.78 is 14.6. The third-order valence-electron chi connectivity index (χ3n) is 4.36. The van der Waals surface area contributed by atoms with Crippen LogP contribution in [0.3, 0.4) is 0 Å². The lowest BCUT2D eigenvalue weighted by Crippen LogP contribution is -2.14. The Kier molecular flexibility index (Phi) is 4.50. The van der Waals surface area contributed by atoms with Crippen molar-refractivity contribution in [2.75, 3.05) is 5.32 Å². The first-order chi connectivity index (χ1) is 12.6. The molecule has 3 aromatic rings. The molecule has 0 spiro atoms. The van der Waals surface area contributed by atoms with E-state index in [0.29, 0.717) is 16.6 Å². The number of anilines is 1. The van der Waals surface area contributed by atoms with Crippen molar-refractivity contribution < 1.29 is 9.18 Å². The number of hydrogen-bond acceptors (Lipinski definition) is 5. The number of carbonyl (C=O) groups excluding carboxylic acids is 1. The summed E-state index contributed by atoms with van der Waals surface area (Å²) in [6.45, 7) is 1.75. The highest BCUT2D eigenvalue weighted by Crippen LogP contribution is 2.29. The zero-order chi connectivity index (χ0) is 18.1. The minimum Gasteiger partial charge on any atom is -0.295 e. The minimum atomic E-state index is -0.391. The van der Waals surface area contributed by atoms with Crippen molar-refractivity contribution in [3.8, 4) is 5.69 Å². The number of benzene rings is 1. The average Bonchev–Trinajstić information content (AvgIpc) is 3.12. The molecule has 0 radical (unpaired) electrons. The number of thiazole rings is 1. The molecule has 0 saturated heterocycles. The number of halogens is 1. The Balaban J connectivity index is 1.54. The van der Waals surface area contributed by atoms with Gasteiger partial charge in [-0.05, 0) is 56.9 Å². The number of aromatic nitrogens is 4. The van der Waals surface area contributed by atoms with Crippen LogP contribution in [-0.2, 0) is 12.8 Å². The Hall–Kier alpha value is -2.61. The van der Waals surface area contributed by atoms with Crippen LogP contribution in [0, 0.1) is 12.7 Å². The maximum absolute atomic E-state index is 13.1. The van der Waals surface area contributed by atoms with Gasteiger partial charge in [0.2, 0.25) is 5.82 Å². The SMILES string of the molecule is Cc1nc(C(=O)Nc2nc3c(s2)CCCCC3)nn1-c1ccc(F)cc1. The number of nitrogens with zero attached hydrogens (tertiary/aromatic N) is 4. The second kappa shape index (κ2) is 6.95. The maximum Gasteiger partial charge on any atom is 0.297 e. The fraction of sp³-hybridized carbons (Fsp3) is 0.333. The van der Waals surface area contributed by atoms with Crippen LogP contribution in [0.2, 0.25) is 0 Å². The number of nitrogens with one attached hydrogen (secondary N) is 1. The van der Waals surface area contributed by atoms with Crippen molar-refractivity contribution in [1.29, 1.82) is 0 Å². The Morgan fingerprint density at radius 1 is 1.15 bits per heavy atom. The maximum atomic E-state index is 13.1. The smallest absolute Gasteiger partial charge is 0.295 e. The van der Waals surface area contributed by atoms with Gasteiger partial charge in [-0.2, -0.15) is 0 Å². The van der Waals surface area contributed by atoms with Gasteiger partial charge < -0.3 is 0 Å². The molecule has 2 heterocycles. The highest BCUT2D eigenvalue weighted by atomic mass is 32.1. The lowest BCUT2D eigenvalue weighted by atomic mass is 10.2. The van der Waals surface area contributed by atoms with Crippen molar-refractivity contribution in [3.63, 3.8) is 0 Å². The number of carbonyl (C=O) groups is 1. The fourth-order valence-corrected chi connectivity index (χ4v) is 4.09. The molecule has 1 amide bonds. The van der Waals surface area contributed by atoms with E-state index in [-0.39, 0.29) is 11.6 Å². The summed E-state index contributed by atoms with van der Waals surface area (Å²) in [6.07, 6.45) is 5.55. The summed E-state index contributed by atoms with van der Waals surface area (Å²) in [5.74, 6) is -0.0974. The molecule has 134 valence electrons. The van der Waals surface area contributed by atoms with Crippen molar-refractivity contribution in [3.05, 3.63) is 52.3 Å². The molecule has 8 heteroatoms. The average molecular weight is 371 g/mol. The molecule has 0 aliphatic heterocycles. The van der Waals surface area contributed by atoms with Crippen LogP contribution in [0.5, 0.6) is 0 Å². The van der Waals surface area contributed by atoms with Crippen LogP contribution in [0.1, 0.15) is 46.3 Å². The van der Waals surface area contributed by atoms with Gasteiger partial charge >= 0.3 is 0 Å². The monoisotopic (exact) mass is 371 g/mol. The minimum absolute atomic E-state index is 0.0669. The highest BCUT2D eigenvalue weighted by molar-refractivity contribution is 7.15. The van der Waals surface area contributed by atoms with E-state index in [4.69, 9.17) is 0 Å². The van der Waals surface area contributed by atoms with E-state index >= 15 is 0 Å². The lowest BCUT2D eigenvalue weighted by molar-refractivity contribution is 0.101. The van der Waals surface area contributed by atoms with Gasteiger partial charge in [-0.15, -0.1) is 16.4 Å². The Morgan fingerprint density at radius 3 is 2.73 bits per heavy atom. The Morgan fingerprint density at radius 2 is 1.92 bits per heavy atom. The molecule has 2 aromatic heterocycles. The zero-order valence-electron chi connectivity index (χ0n) is 14.3. The molecule has 4 rings (SSSR count). The largest absolute Gasteiger partial charge is 0.297 e. The first-order valence-corrected chi connectivity index (χ1v) is 9.41. The van der Waals surface area contributed by atoms with E-state index < -0.39 is 5.91 Å². The molecule has 0 saturated carbocycles. The molecule has 6 nitrogen and oxygen atoms in total. The van der Waals surface area contributed by atoms with Crippen LogP contribution >= 0.6 is 11.3 Å². The lowest BCUT2D eigenvalue weighted by Gasteiger charge is -2.01. The van der Waals surface area contributed by atoms with Gasteiger partial charge in [-0.3, -0.25) is 10.1 Å². The van der Waals surface area contributed by atoms with Gasteiger partial charge in [0.15, 0.2) is 5.13 Å². The number of amides is 1. The van der Waals surface area contributed by atoms with Crippen LogP contribution in [0.15, 0.2) is 24.3 Å². The predicted molar refractivity (Wildman–Crippen MR) is 97.4 cm³/mol. The summed E-state index contributed by atoms with van der Waals surface area (Å²) >= 11 is 1.53. The van der Waals surface area contributed by atoms with Gasteiger partial charge in [0, 0.05) is 4.88 Å². The van der Waals surface area contributed by atoms with Crippen molar-refractivity contribution in [2.45, 2.75) is 39.0 Å². The summed E-state index contributed by atoms with van der Waals surface area (Å²) in [5, 5.41) is 7.65. The Bertz CT molecular complexity index is 924. The number of fused-ring (bicyclic) bond motifs is 1. The normalized spacial score (nSPS) is 13.9. The molecule has 1 N–H and O–H groups in total. The van der Waals surface area contributed by atoms with Crippen molar-refractivity contribution in [2.24, 2.45) is 0 Å². The molecular formula is C18H18FN5OS.